The van der Waals surface area contributed by atoms with Gasteiger partial charge < -0.3 is 19.6 Å². The van der Waals surface area contributed by atoms with Crippen LogP contribution in [-0.4, -0.2) is 60.9 Å². The maximum absolute atomic E-state index is 13.0. The number of carbonyl (C=O) groups is 2. The van der Waals surface area contributed by atoms with Crippen LogP contribution in [-0.2, 0) is 9.59 Å². The topological polar surface area (TPSA) is 70.1 Å². The predicted molar refractivity (Wildman–Crippen MR) is 116 cm³/mol. The molecule has 0 saturated carbocycles. The molecule has 2 aromatic carbocycles. The van der Waals surface area contributed by atoms with E-state index in [1.807, 2.05) is 50.2 Å². The Bertz CT molecular complexity index is 963. The highest BCUT2D eigenvalue weighted by molar-refractivity contribution is 6.46. The van der Waals surface area contributed by atoms with Crippen molar-refractivity contribution in [2.45, 2.75) is 19.4 Å². The van der Waals surface area contributed by atoms with Crippen LogP contribution in [0.1, 0.15) is 29.2 Å². The highest BCUT2D eigenvalue weighted by atomic mass is 16.5. The van der Waals surface area contributed by atoms with Crippen molar-refractivity contribution in [3.05, 3.63) is 70.8 Å². The maximum atomic E-state index is 13.0. The molecule has 6 nitrogen and oxygen atoms in total. The number of ether oxygens (including phenoxy) is 1. The molecule has 0 bridgehead atoms. The molecule has 1 atom stereocenters. The van der Waals surface area contributed by atoms with Gasteiger partial charge in [0, 0.05) is 12.1 Å². The number of hydrogen-bond acceptors (Lipinski definition) is 5. The number of Topliss-reactive ketones (excluding diaryl/α,β-unsaturated/α-hetero) is 1. The smallest absolute Gasteiger partial charge is 0.295 e. The first-order chi connectivity index (χ1) is 14.3. The van der Waals surface area contributed by atoms with Crippen molar-refractivity contribution in [1.29, 1.82) is 0 Å². The second-order valence-electron chi connectivity index (χ2n) is 7.79. The number of methoxy groups -OCH3 is 1. The molecule has 0 spiro atoms. The molecular formula is C24H28N2O4. The Morgan fingerprint density at radius 3 is 2.47 bits per heavy atom. The summed E-state index contributed by atoms with van der Waals surface area (Å²) in [7, 11) is 5.47. The molecule has 1 N–H and O–H groups in total. The van der Waals surface area contributed by atoms with E-state index in [9.17, 15) is 14.7 Å². The van der Waals surface area contributed by atoms with Gasteiger partial charge in [-0.05, 0) is 51.7 Å². The van der Waals surface area contributed by atoms with E-state index in [0.717, 1.165) is 24.1 Å². The van der Waals surface area contributed by atoms with Crippen molar-refractivity contribution < 1.29 is 19.4 Å². The van der Waals surface area contributed by atoms with Crippen LogP contribution in [0.3, 0.4) is 0 Å². The van der Waals surface area contributed by atoms with Crippen LogP contribution in [0.4, 0.5) is 0 Å². The molecule has 0 radical (unpaired) electrons. The summed E-state index contributed by atoms with van der Waals surface area (Å²) < 4.78 is 5.24. The summed E-state index contributed by atoms with van der Waals surface area (Å²) in [6, 6.07) is 13.9. The first-order valence-electron chi connectivity index (χ1n) is 9.97. The molecule has 1 aliphatic rings. The molecule has 6 heteroatoms. The van der Waals surface area contributed by atoms with Crippen LogP contribution in [0.25, 0.3) is 5.76 Å². The molecule has 0 aliphatic carbocycles. The lowest BCUT2D eigenvalue weighted by molar-refractivity contribution is -0.139. The number of hydrogen-bond donors (Lipinski definition) is 1. The molecule has 2 aromatic rings. The summed E-state index contributed by atoms with van der Waals surface area (Å²) >= 11 is 0. The van der Waals surface area contributed by atoms with E-state index in [-0.39, 0.29) is 11.3 Å². The van der Waals surface area contributed by atoms with E-state index in [4.69, 9.17) is 4.74 Å². The number of rotatable bonds is 7. The van der Waals surface area contributed by atoms with Crippen LogP contribution in [0, 0.1) is 6.92 Å². The van der Waals surface area contributed by atoms with E-state index >= 15 is 0 Å². The van der Waals surface area contributed by atoms with E-state index in [1.165, 1.54) is 7.11 Å². The number of likely N-dealkylation sites (tertiary alicyclic amines) is 1. The van der Waals surface area contributed by atoms with Gasteiger partial charge in [-0.25, -0.2) is 0 Å². The van der Waals surface area contributed by atoms with Gasteiger partial charge in [0.1, 0.15) is 11.5 Å². The largest absolute Gasteiger partial charge is 0.507 e. The van der Waals surface area contributed by atoms with Gasteiger partial charge in [0.2, 0.25) is 0 Å². The minimum absolute atomic E-state index is 0.113. The lowest BCUT2D eigenvalue weighted by Crippen LogP contribution is -2.32. The molecule has 158 valence electrons. The normalized spacial score (nSPS) is 18.3. The van der Waals surface area contributed by atoms with Crippen molar-refractivity contribution in [3.8, 4) is 5.75 Å². The van der Waals surface area contributed by atoms with Crippen LogP contribution in [0.15, 0.2) is 54.1 Å². The number of aliphatic hydroxyl groups excluding tert-OH is 1. The molecule has 1 unspecified atom stereocenters. The van der Waals surface area contributed by atoms with Crippen molar-refractivity contribution in [3.63, 3.8) is 0 Å². The van der Waals surface area contributed by atoms with Crippen LogP contribution < -0.4 is 4.74 Å². The van der Waals surface area contributed by atoms with E-state index < -0.39 is 17.7 Å². The van der Waals surface area contributed by atoms with Crippen LogP contribution in [0.5, 0.6) is 5.75 Å². The van der Waals surface area contributed by atoms with Crippen LogP contribution >= 0.6 is 0 Å². The minimum Gasteiger partial charge on any atom is -0.507 e. The van der Waals surface area contributed by atoms with Gasteiger partial charge >= 0.3 is 0 Å². The Morgan fingerprint density at radius 2 is 1.83 bits per heavy atom. The zero-order chi connectivity index (χ0) is 21.8. The van der Waals surface area contributed by atoms with Crippen molar-refractivity contribution >= 4 is 17.4 Å². The fourth-order valence-corrected chi connectivity index (χ4v) is 3.69. The number of aryl methyl sites for hydroxylation is 1. The van der Waals surface area contributed by atoms with E-state index in [1.54, 1.807) is 29.2 Å². The molecule has 1 amide bonds. The van der Waals surface area contributed by atoms with Gasteiger partial charge in [0.15, 0.2) is 0 Å². The maximum Gasteiger partial charge on any atom is 0.295 e. The Balaban J connectivity index is 2.09. The zero-order valence-electron chi connectivity index (χ0n) is 17.9. The number of carbonyl (C=O) groups excluding carboxylic acids is 2. The highest BCUT2D eigenvalue weighted by Gasteiger charge is 2.45. The fourth-order valence-electron chi connectivity index (χ4n) is 3.69. The van der Waals surface area contributed by atoms with E-state index in [0.29, 0.717) is 17.9 Å². The number of ketones is 1. The SMILES string of the molecule is COc1cccc(/C(O)=C2/C(=O)C(=O)N(CCCN(C)C)C2c2ccc(C)cc2)c1. The van der Waals surface area contributed by atoms with Gasteiger partial charge in [-0.3, -0.25) is 9.59 Å². The predicted octanol–water partition coefficient (Wildman–Crippen LogP) is 3.38. The van der Waals surface area contributed by atoms with Gasteiger partial charge in [-0.2, -0.15) is 0 Å². The molecule has 3 rings (SSSR count). The Labute approximate surface area is 177 Å². The first-order valence-corrected chi connectivity index (χ1v) is 9.97. The summed E-state index contributed by atoms with van der Waals surface area (Å²) in [6.45, 7) is 3.20. The zero-order valence-corrected chi connectivity index (χ0v) is 17.9. The lowest BCUT2D eigenvalue weighted by Gasteiger charge is -2.26. The Kier molecular flexibility index (Phi) is 6.57. The summed E-state index contributed by atoms with van der Waals surface area (Å²) in [4.78, 5) is 29.5. The monoisotopic (exact) mass is 408 g/mol. The minimum atomic E-state index is -0.661. The van der Waals surface area contributed by atoms with Crippen molar-refractivity contribution in [2.24, 2.45) is 0 Å². The van der Waals surface area contributed by atoms with E-state index in [2.05, 4.69) is 0 Å². The summed E-state index contributed by atoms with van der Waals surface area (Å²) in [5, 5.41) is 11.1. The second kappa shape index (κ2) is 9.13. The van der Waals surface area contributed by atoms with Gasteiger partial charge in [0.05, 0.1) is 18.7 Å². The van der Waals surface area contributed by atoms with Crippen molar-refractivity contribution in [1.82, 2.24) is 9.80 Å². The van der Waals surface area contributed by atoms with Crippen LogP contribution in [0.2, 0.25) is 0 Å². The third-order valence-corrected chi connectivity index (χ3v) is 5.28. The number of nitrogens with zero attached hydrogens (tertiary/aromatic N) is 2. The summed E-state index contributed by atoms with van der Waals surface area (Å²) in [5.41, 5.74) is 2.44. The molecule has 0 aromatic heterocycles. The number of aliphatic hydroxyl groups is 1. The summed E-state index contributed by atoms with van der Waals surface area (Å²) in [6.07, 6.45) is 0.724. The average Bonchev–Trinajstić information content (AvgIpc) is 2.98. The van der Waals surface area contributed by atoms with Crippen molar-refractivity contribution in [2.75, 3.05) is 34.3 Å². The first kappa shape index (κ1) is 21.6. The molecule has 30 heavy (non-hydrogen) atoms. The highest BCUT2D eigenvalue weighted by Crippen LogP contribution is 2.39. The average molecular weight is 408 g/mol. The molecule has 1 heterocycles. The summed E-state index contributed by atoms with van der Waals surface area (Å²) in [5.74, 6) is -0.867. The Morgan fingerprint density at radius 1 is 1.13 bits per heavy atom. The molecule has 1 fully saturated rings. The number of amides is 1. The standard InChI is InChI=1S/C24H28N2O4/c1-16-9-11-17(12-10-16)21-20(22(27)18-7-5-8-19(15-18)30-4)23(28)24(29)26(21)14-6-13-25(2)3/h5,7-12,15,21,27H,6,13-14H2,1-4H3/b22-20-. The molecular weight excluding hydrogens is 380 g/mol. The van der Waals surface area contributed by atoms with Gasteiger partial charge in [0.25, 0.3) is 11.7 Å². The van der Waals surface area contributed by atoms with Gasteiger partial charge in [-0.1, -0.05) is 42.0 Å². The molecule has 1 aliphatic heterocycles. The lowest BCUT2D eigenvalue weighted by atomic mass is 9.94. The Hall–Kier alpha value is -3.12. The third-order valence-electron chi connectivity index (χ3n) is 5.28. The third kappa shape index (κ3) is 4.39. The van der Waals surface area contributed by atoms with Gasteiger partial charge in [-0.15, -0.1) is 0 Å². The molecule has 1 saturated heterocycles. The fraction of sp³-hybridized carbons (Fsp3) is 0.333. The second-order valence-corrected chi connectivity index (χ2v) is 7.79. The quantitative estimate of drug-likeness (QED) is 0.432. The number of benzene rings is 2.